The molecule has 0 spiro atoms. The Morgan fingerprint density at radius 3 is 2.48 bits per heavy atom. The lowest BCUT2D eigenvalue weighted by molar-refractivity contribution is 0.0671. The Balaban J connectivity index is 0.00000272. The van der Waals surface area contributed by atoms with Crippen LogP contribution in [0.4, 0.5) is 11.4 Å². The number of anilines is 2. The molecule has 0 saturated carbocycles. The summed E-state index contributed by atoms with van der Waals surface area (Å²) in [5, 5.41) is 3.53. The van der Waals surface area contributed by atoms with Crippen molar-refractivity contribution < 1.29 is 9.47 Å². The Hall–Kier alpha value is -2.97. The number of aryl methyl sites for hydroxylation is 2. The zero-order valence-corrected chi connectivity index (χ0v) is 18.9. The smallest absolute Gasteiger partial charge is 0.222 e. The first kappa shape index (κ1) is 22.7. The minimum absolute atomic E-state index is 0. The largest absolute Gasteiger partial charge is 0.497 e. The highest BCUT2D eigenvalue weighted by molar-refractivity contribution is 6.06. The Morgan fingerprint density at radius 1 is 1.10 bits per heavy atom. The molecule has 1 saturated heterocycles. The van der Waals surface area contributed by atoms with Crippen LogP contribution in [0.2, 0.25) is 0 Å². The standard InChI is InChI=1S/C22H28N6O2.ClH/c1-15-11-16(2)13-17(12-15)24-21-25-20(23)26-22(27-7-9-30-10-8-27)28(21)18-5-4-6-19(14-18)29-3;/h4-6,11-14,21,24H,7-10H2,1-3H3,(H2,23,25);1H. The number of nitrogens with zero attached hydrogens (tertiary/aromatic N) is 4. The van der Waals surface area contributed by atoms with Gasteiger partial charge in [-0.2, -0.15) is 4.99 Å². The molecule has 2 aromatic rings. The predicted octanol–water partition coefficient (Wildman–Crippen LogP) is 2.95. The Bertz CT molecular complexity index is 954. The number of guanidine groups is 2. The number of hydrogen-bond acceptors (Lipinski definition) is 8. The van der Waals surface area contributed by atoms with Crippen molar-refractivity contribution in [2.45, 2.75) is 20.1 Å². The van der Waals surface area contributed by atoms with Crippen LogP contribution in [0.3, 0.4) is 0 Å². The molecule has 2 aromatic carbocycles. The number of hydrogen-bond donors (Lipinski definition) is 2. The number of nitrogens with one attached hydrogen (secondary N) is 1. The molecule has 166 valence electrons. The van der Waals surface area contributed by atoms with Gasteiger partial charge < -0.3 is 25.4 Å². The maximum absolute atomic E-state index is 6.15. The Labute approximate surface area is 189 Å². The van der Waals surface area contributed by atoms with Crippen molar-refractivity contribution in [2.24, 2.45) is 15.7 Å². The average Bonchev–Trinajstić information content (AvgIpc) is 2.73. The van der Waals surface area contributed by atoms with Crippen LogP contribution >= 0.6 is 12.4 Å². The lowest BCUT2D eigenvalue weighted by Crippen LogP contribution is -2.57. The van der Waals surface area contributed by atoms with E-state index in [0.29, 0.717) is 13.2 Å². The van der Waals surface area contributed by atoms with Crippen LogP contribution in [0.1, 0.15) is 11.1 Å². The van der Waals surface area contributed by atoms with Gasteiger partial charge in [-0.05, 0) is 49.2 Å². The molecule has 31 heavy (non-hydrogen) atoms. The summed E-state index contributed by atoms with van der Waals surface area (Å²) < 4.78 is 11.0. The molecule has 3 N–H and O–H groups in total. The Kier molecular flexibility index (Phi) is 7.25. The van der Waals surface area contributed by atoms with Crippen molar-refractivity contribution >= 4 is 35.7 Å². The van der Waals surface area contributed by atoms with Gasteiger partial charge in [0.1, 0.15) is 5.75 Å². The highest BCUT2D eigenvalue weighted by atomic mass is 35.5. The molecular formula is C22H29ClN6O2. The highest BCUT2D eigenvalue weighted by Gasteiger charge is 2.32. The van der Waals surface area contributed by atoms with E-state index in [1.54, 1.807) is 7.11 Å². The van der Waals surface area contributed by atoms with E-state index in [2.05, 4.69) is 57.1 Å². The van der Waals surface area contributed by atoms with Gasteiger partial charge >= 0.3 is 0 Å². The number of nitrogens with two attached hydrogens (primary N) is 1. The lowest BCUT2D eigenvalue weighted by Gasteiger charge is -2.41. The molecule has 1 atom stereocenters. The molecule has 1 unspecified atom stereocenters. The second-order valence-electron chi connectivity index (χ2n) is 7.46. The highest BCUT2D eigenvalue weighted by Crippen LogP contribution is 2.28. The summed E-state index contributed by atoms with van der Waals surface area (Å²) in [6, 6.07) is 14.2. The second-order valence-corrected chi connectivity index (χ2v) is 7.46. The topological polar surface area (TPSA) is 87.7 Å². The van der Waals surface area contributed by atoms with Crippen molar-refractivity contribution in [3.63, 3.8) is 0 Å². The summed E-state index contributed by atoms with van der Waals surface area (Å²) in [4.78, 5) is 13.5. The fraction of sp³-hybridized carbons (Fsp3) is 0.364. The van der Waals surface area contributed by atoms with Gasteiger partial charge in [0.25, 0.3) is 0 Å². The van der Waals surface area contributed by atoms with E-state index < -0.39 is 6.29 Å². The van der Waals surface area contributed by atoms with E-state index >= 15 is 0 Å². The third kappa shape index (κ3) is 5.21. The van der Waals surface area contributed by atoms with Gasteiger partial charge in [-0.1, -0.05) is 12.1 Å². The van der Waals surface area contributed by atoms with Gasteiger partial charge in [0, 0.05) is 24.8 Å². The molecule has 0 amide bonds. The third-order valence-electron chi connectivity index (χ3n) is 5.07. The molecular weight excluding hydrogens is 416 g/mol. The number of aliphatic imine (C=N–C) groups is 2. The quantitative estimate of drug-likeness (QED) is 0.753. The minimum atomic E-state index is -0.450. The molecule has 1 fully saturated rings. The minimum Gasteiger partial charge on any atom is -0.497 e. The average molecular weight is 445 g/mol. The molecule has 9 heteroatoms. The molecule has 0 aromatic heterocycles. The van der Waals surface area contributed by atoms with Crippen LogP contribution in [-0.2, 0) is 4.74 Å². The van der Waals surface area contributed by atoms with E-state index in [0.717, 1.165) is 36.2 Å². The molecule has 2 heterocycles. The first-order valence-corrected chi connectivity index (χ1v) is 10.1. The summed E-state index contributed by atoms with van der Waals surface area (Å²) in [5.41, 5.74) is 10.4. The van der Waals surface area contributed by atoms with E-state index in [1.807, 2.05) is 24.3 Å². The molecule has 0 radical (unpaired) electrons. The van der Waals surface area contributed by atoms with Crippen LogP contribution < -0.4 is 20.7 Å². The number of rotatable bonds is 4. The van der Waals surface area contributed by atoms with E-state index in [1.165, 1.54) is 11.1 Å². The fourth-order valence-electron chi connectivity index (χ4n) is 3.78. The van der Waals surface area contributed by atoms with E-state index in [9.17, 15) is 0 Å². The zero-order chi connectivity index (χ0) is 21.1. The third-order valence-corrected chi connectivity index (χ3v) is 5.07. The van der Waals surface area contributed by atoms with Crippen LogP contribution in [-0.4, -0.2) is 56.5 Å². The Morgan fingerprint density at radius 2 is 1.81 bits per heavy atom. The van der Waals surface area contributed by atoms with Crippen molar-refractivity contribution in [2.75, 3.05) is 43.6 Å². The fourth-order valence-corrected chi connectivity index (χ4v) is 3.78. The molecule has 8 nitrogen and oxygen atoms in total. The van der Waals surface area contributed by atoms with Crippen LogP contribution in [0.5, 0.6) is 5.75 Å². The number of halogens is 1. The van der Waals surface area contributed by atoms with Gasteiger partial charge in [0.15, 0.2) is 0 Å². The van der Waals surface area contributed by atoms with Gasteiger partial charge in [-0.15, -0.1) is 12.4 Å². The summed E-state index contributed by atoms with van der Waals surface area (Å²) in [6.45, 7) is 6.94. The van der Waals surface area contributed by atoms with E-state index in [4.69, 9.17) is 15.2 Å². The van der Waals surface area contributed by atoms with Gasteiger partial charge in [-0.3, -0.25) is 4.90 Å². The number of ether oxygens (including phenoxy) is 2. The number of methoxy groups -OCH3 is 1. The monoisotopic (exact) mass is 444 g/mol. The van der Waals surface area contributed by atoms with Gasteiger partial charge in [0.2, 0.25) is 18.2 Å². The molecule has 2 aliphatic heterocycles. The first-order valence-electron chi connectivity index (χ1n) is 10.1. The van der Waals surface area contributed by atoms with Gasteiger partial charge in [0.05, 0.1) is 26.0 Å². The van der Waals surface area contributed by atoms with Crippen molar-refractivity contribution in [1.82, 2.24) is 4.90 Å². The number of morpholine rings is 1. The second kappa shape index (κ2) is 9.89. The molecule has 0 bridgehead atoms. The van der Waals surface area contributed by atoms with Crippen LogP contribution in [0, 0.1) is 13.8 Å². The summed E-state index contributed by atoms with van der Waals surface area (Å²) >= 11 is 0. The summed E-state index contributed by atoms with van der Waals surface area (Å²) in [7, 11) is 1.66. The number of benzene rings is 2. The van der Waals surface area contributed by atoms with Gasteiger partial charge in [-0.25, -0.2) is 4.99 Å². The van der Waals surface area contributed by atoms with Crippen LogP contribution in [0.25, 0.3) is 0 Å². The maximum Gasteiger partial charge on any atom is 0.222 e. The maximum atomic E-state index is 6.15. The molecule has 2 aliphatic rings. The summed E-state index contributed by atoms with van der Waals surface area (Å²) in [6.07, 6.45) is -0.450. The predicted molar refractivity (Wildman–Crippen MR) is 127 cm³/mol. The first-order chi connectivity index (χ1) is 14.5. The van der Waals surface area contributed by atoms with Crippen LogP contribution in [0.15, 0.2) is 52.4 Å². The molecule has 0 aliphatic carbocycles. The summed E-state index contributed by atoms with van der Waals surface area (Å²) in [5.74, 6) is 1.76. The SMILES string of the molecule is COc1cccc(N2C(N3CCOCC3)=NC(N)=NC2Nc2cc(C)cc(C)c2)c1.Cl. The molecule has 4 rings (SSSR count). The zero-order valence-electron chi connectivity index (χ0n) is 18.0. The van der Waals surface area contributed by atoms with Crippen molar-refractivity contribution in [1.29, 1.82) is 0 Å². The lowest BCUT2D eigenvalue weighted by atomic mass is 10.1. The van der Waals surface area contributed by atoms with Crippen molar-refractivity contribution in [3.05, 3.63) is 53.6 Å². The normalized spacial score (nSPS) is 18.6. The van der Waals surface area contributed by atoms with E-state index in [-0.39, 0.29) is 18.4 Å². The van der Waals surface area contributed by atoms with Crippen molar-refractivity contribution in [3.8, 4) is 5.75 Å².